The average molecular weight is 394 g/mol. The zero-order chi connectivity index (χ0) is 20.9. The van der Waals surface area contributed by atoms with Crippen LogP contribution in [0.2, 0.25) is 0 Å². The predicted octanol–water partition coefficient (Wildman–Crippen LogP) is 4.77. The van der Waals surface area contributed by atoms with E-state index in [9.17, 15) is 22.8 Å². The molecule has 1 heterocycles. The highest BCUT2D eigenvalue weighted by Crippen LogP contribution is 2.29. The van der Waals surface area contributed by atoms with Gasteiger partial charge in [0.05, 0.1) is 17.8 Å². The molecule has 1 aromatic carbocycles. The molecule has 0 fully saturated rings. The maximum absolute atomic E-state index is 12.7. The topological polar surface area (TPSA) is 42.3 Å². The summed E-state index contributed by atoms with van der Waals surface area (Å²) in [6.07, 6.45) is -1.52. The van der Waals surface area contributed by atoms with E-state index in [1.165, 1.54) is 29.7 Å². The van der Waals surface area contributed by atoms with Gasteiger partial charge in [-0.3, -0.25) is 9.59 Å². The van der Waals surface area contributed by atoms with Crippen LogP contribution >= 0.6 is 0 Å². The fourth-order valence-electron chi connectivity index (χ4n) is 3.04. The van der Waals surface area contributed by atoms with Gasteiger partial charge in [-0.1, -0.05) is 31.9 Å². The Balaban J connectivity index is 2.25. The Morgan fingerprint density at radius 3 is 2.25 bits per heavy atom. The molecule has 0 N–H and O–H groups in total. The van der Waals surface area contributed by atoms with Crippen molar-refractivity contribution in [1.82, 2.24) is 4.57 Å². The zero-order valence-corrected chi connectivity index (χ0v) is 16.3. The minimum Gasteiger partial charge on any atom is -0.312 e. The molecule has 28 heavy (non-hydrogen) atoms. The summed E-state index contributed by atoms with van der Waals surface area (Å²) in [7, 11) is 0. The summed E-state index contributed by atoms with van der Waals surface area (Å²) in [5, 5.41) is 0. The molecule has 0 aliphatic rings. The highest BCUT2D eigenvalue weighted by atomic mass is 19.4. The minimum atomic E-state index is -4.39. The number of pyridine rings is 1. The Labute approximate surface area is 162 Å². The Bertz CT molecular complexity index is 871. The van der Waals surface area contributed by atoms with Gasteiger partial charge in [-0.05, 0) is 37.1 Å². The van der Waals surface area contributed by atoms with Crippen LogP contribution in [0, 0.1) is 6.92 Å². The number of carbonyl (C=O) groups excluding carboxylic acids is 1. The summed E-state index contributed by atoms with van der Waals surface area (Å²) in [5.74, 6) is -0.129. The lowest BCUT2D eigenvalue weighted by molar-refractivity contribution is -0.137. The van der Waals surface area contributed by atoms with Gasteiger partial charge < -0.3 is 9.47 Å². The summed E-state index contributed by atoms with van der Waals surface area (Å²) in [5.41, 5.74) is 0.771. The third-order valence-corrected chi connectivity index (χ3v) is 4.62. The van der Waals surface area contributed by atoms with Crippen LogP contribution in [-0.4, -0.2) is 17.0 Å². The number of hydrogen-bond donors (Lipinski definition) is 0. The maximum Gasteiger partial charge on any atom is 0.416 e. The normalized spacial score (nSPS) is 11.5. The Kier molecular flexibility index (Phi) is 7.05. The van der Waals surface area contributed by atoms with Gasteiger partial charge in [-0.25, -0.2) is 0 Å². The van der Waals surface area contributed by atoms with Crippen molar-refractivity contribution in [3.05, 3.63) is 63.6 Å². The van der Waals surface area contributed by atoms with Gasteiger partial charge in [0.25, 0.3) is 5.56 Å². The van der Waals surface area contributed by atoms with E-state index in [0.717, 1.165) is 31.4 Å². The molecule has 0 atom stereocenters. The fourth-order valence-corrected chi connectivity index (χ4v) is 3.04. The monoisotopic (exact) mass is 394 g/mol. The number of nitrogens with zero attached hydrogens (tertiary/aromatic N) is 2. The number of unbranched alkanes of at least 4 members (excludes halogenated alkanes) is 2. The average Bonchev–Trinajstić information content (AvgIpc) is 2.61. The Morgan fingerprint density at radius 1 is 1.11 bits per heavy atom. The van der Waals surface area contributed by atoms with Crippen molar-refractivity contribution >= 4 is 11.6 Å². The minimum absolute atomic E-state index is 0.129. The number of hydrogen-bond acceptors (Lipinski definition) is 2. The molecule has 2 aromatic rings. The van der Waals surface area contributed by atoms with E-state index < -0.39 is 11.7 Å². The summed E-state index contributed by atoms with van der Waals surface area (Å²) in [6, 6.07) is 7.93. The van der Waals surface area contributed by atoms with Gasteiger partial charge in [0.1, 0.15) is 0 Å². The van der Waals surface area contributed by atoms with Crippen molar-refractivity contribution < 1.29 is 18.0 Å². The zero-order valence-electron chi connectivity index (χ0n) is 16.3. The number of halogens is 3. The predicted molar refractivity (Wildman–Crippen MR) is 104 cm³/mol. The molecule has 0 aliphatic carbocycles. The number of aromatic nitrogens is 1. The molecule has 7 heteroatoms. The first-order valence-electron chi connectivity index (χ1n) is 9.29. The van der Waals surface area contributed by atoms with Gasteiger partial charge in [-0.2, -0.15) is 13.2 Å². The van der Waals surface area contributed by atoms with E-state index in [4.69, 9.17) is 0 Å². The smallest absolute Gasteiger partial charge is 0.312 e. The molecule has 0 aliphatic heterocycles. The van der Waals surface area contributed by atoms with E-state index in [1.807, 2.05) is 0 Å². The van der Waals surface area contributed by atoms with Gasteiger partial charge in [0, 0.05) is 25.2 Å². The first kappa shape index (κ1) is 21.7. The maximum atomic E-state index is 12.7. The number of carbonyl (C=O) groups is 1. The first-order valence-corrected chi connectivity index (χ1v) is 9.29. The molecule has 1 aromatic heterocycles. The van der Waals surface area contributed by atoms with Crippen LogP contribution in [0.1, 0.15) is 49.9 Å². The van der Waals surface area contributed by atoms with Crippen LogP contribution < -0.4 is 10.5 Å². The van der Waals surface area contributed by atoms with Crippen molar-refractivity contribution in [2.24, 2.45) is 0 Å². The molecule has 4 nitrogen and oxygen atoms in total. The molecule has 0 unspecified atom stereocenters. The molecule has 1 amide bonds. The number of rotatable bonds is 7. The summed E-state index contributed by atoms with van der Waals surface area (Å²) in [6.45, 7) is 6.00. The van der Waals surface area contributed by atoms with Crippen molar-refractivity contribution in [1.29, 1.82) is 0 Å². The van der Waals surface area contributed by atoms with E-state index in [0.29, 0.717) is 23.5 Å². The lowest BCUT2D eigenvalue weighted by atomic mass is 10.1. The Morgan fingerprint density at radius 2 is 1.75 bits per heavy atom. The van der Waals surface area contributed by atoms with Crippen LogP contribution in [0.15, 0.2) is 41.2 Å². The molecule has 0 bridgehead atoms. The molecular formula is C21H25F3N2O2. The van der Waals surface area contributed by atoms with Crippen molar-refractivity contribution in [2.45, 2.75) is 52.8 Å². The quantitative estimate of drug-likeness (QED) is 0.635. The standard InChI is InChI=1S/C21H25F3N2O2/c1-4-5-6-11-25(16(3)27)19-12-15(2)26(20(28)13-19)14-17-7-9-18(10-8-17)21(22,23)24/h7-10,12-13H,4-6,11,14H2,1-3H3. The third-order valence-electron chi connectivity index (χ3n) is 4.62. The number of alkyl halides is 3. The molecule has 2 rings (SSSR count). The second-order valence-electron chi connectivity index (χ2n) is 6.85. The van der Waals surface area contributed by atoms with Crippen molar-refractivity contribution in [3.8, 4) is 0 Å². The molecule has 0 saturated carbocycles. The number of amides is 1. The highest BCUT2D eigenvalue weighted by molar-refractivity contribution is 5.91. The van der Waals surface area contributed by atoms with E-state index in [2.05, 4.69) is 6.92 Å². The van der Waals surface area contributed by atoms with E-state index in [-0.39, 0.29) is 18.0 Å². The number of aryl methyl sites for hydroxylation is 1. The second kappa shape index (κ2) is 9.08. The van der Waals surface area contributed by atoms with E-state index >= 15 is 0 Å². The lowest BCUT2D eigenvalue weighted by Crippen LogP contribution is -2.32. The molecule has 0 saturated heterocycles. The van der Waals surface area contributed by atoms with Gasteiger partial charge in [0.2, 0.25) is 5.91 Å². The van der Waals surface area contributed by atoms with Crippen LogP contribution in [-0.2, 0) is 17.5 Å². The largest absolute Gasteiger partial charge is 0.416 e. The van der Waals surface area contributed by atoms with Crippen LogP contribution in [0.25, 0.3) is 0 Å². The van der Waals surface area contributed by atoms with Crippen LogP contribution in [0.3, 0.4) is 0 Å². The summed E-state index contributed by atoms with van der Waals surface area (Å²) in [4.78, 5) is 26.2. The number of benzene rings is 1. The first-order chi connectivity index (χ1) is 13.1. The molecule has 152 valence electrons. The van der Waals surface area contributed by atoms with Crippen molar-refractivity contribution in [2.75, 3.05) is 11.4 Å². The van der Waals surface area contributed by atoms with Gasteiger partial charge in [0.15, 0.2) is 0 Å². The van der Waals surface area contributed by atoms with Crippen LogP contribution in [0.5, 0.6) is 0 Å². The molecular weight excluding hydrogens is 369 g/mol. The summed E-state index contributed by atoms with van der Waals surface area (Å²) >= 11 is 0. The fraction of sp³-hybridized carbons (Fsp3) is 0.429. The highest BCUT2D eigenvalue weighted by Gasteiger charge is 2.29. The summed E-state index contributed by atoms with van der Waals surface area (Å²) < 4.78 is 39.5. The van der Waals surface area contributed by atoms with Gasteiger partial charge >= 0.3 is 6.18 Å². The van der Waals surface area contributed by atoms with Crippen LogP contribution in [0.4, 0.5) is 18.9 Å². The SMILES string of the molecule is CCCCCN(C(C)=O)c1cc(C)n(Cc2ccc(C(F)(F)F)cc2)c(=O)c1. The third kappa shape index (κ3) is 5.47. The lowest BCUT2D eigenvalue weighted by Gasteiger charge is -2.22. The molecule has 0 radical (unpaired) electrons. The molecule has 0 spiro atoms. The Hall–Kier alpha value is -2.57. The number of anilines is 1. The van der Waals surface area contributed by atoms with Gasteiger partial charge in [-0.15, -0.1) is 0 Å². The second-order valence-corrected chi connectivity index (χ2v) is 6.85. The van der Waals surface area contributed by atoms with E-state index in [1.54, 1.807) is 17.9 Å². The van der Waals surface area contributed by atoms with Crippen molar-refractivity contribution in [3.63, 3.8) is 0 Å².